The van der Waals surface area contributed by atoms with Gasteiger partial charge in [-0.25, -0.2) is 8.42 Å². The summed E-state index contributed by atoms with van der Waals surface area (Å²) in [7, 11) is -1.69. The molecular weight excluding hydrogens is 491 g/mol. The molecule has 28 heavy (non-hydrogen) atoms. The van der Waals surface area contributed by atoms with Crippen LogP contribution in [0.1, 0.15) is 17.0 Å². The van der Waals surface area contributed by atoms with E-state index in [2.05, 4.69) is 20.3 Å². The third kappa shape index (κ3) is 8.03. The molecule has 7 nitrogen and oxygen atoms in total. The lowest BCUT2D eigenvalue weighted by Gasteiger charge is -2.18. The van der Waals surface area contributed by atoms with E-state index in [4.69, 9.17) is 0 Å². The van der Waals surface area contributed by atoms with E-state index in [1.165, 1.54) is 0 Å². The molecule has 0 amide bonds. The average molecular weight is 518 g/mol. The van der Waals surface area contributed by atoms with Gasteiger partial charge in [0.05, 0.1) is 18.6 Å². The molecule has 154 valence electrons. The van der Waals surface area contributed by atoms with Gasteiger partial charge >= 0.3 is 0 Å². The lowest BCUT2D eigenvalue weighted by Crippen LogP contribution is -2.39. The van der Waals surface area contributed by atoms with E-state index in [0.29, 0.717) is 24.7 Å². The second kappa shape index (κ2) is 11.9. The zero-order chi connectivity index (χ0) is 19.7. The predicted octanol–water partition coefficient (Wildman–Crippen LogP) is 2.12. The van der Waals surface area contributed by atoms with Gasteiger partial charge in [-0.1, -0.05) is 48.5 Å². The van der Waals surface area contributed by atoms with Crippen molar-refractivity contribution in [3.63, 3.8) is 0 Å². The van der Waals surface area contributed by atoms with Crippen molar-refractivity contribution >= 4 is 45.6 Å². The molecule has 0 bridgehead atoms. The number of hydrogen-bond donors (Lipinski definition) is 4. The Labute approximate surface area is 183 Å². The molecule has 0 aliphatic heterocycles. The Morgan fingerprint density at radius 3 is 2.32 bits per heavy atom. The first kappa shape index (κ1) is 24.2. The maximum atomic E-state index is 11.5. The van der Waals surface area contributed by atoms with Crippen LogP contribution < -0.4 is 15.4 Å². The number of nitrogens with zero attached hydrogens (tertiary/aromatic N) is 1. The van der Waals surface area contributed by atoms with Gasteiger partial charge in [0.2, 0.25) is 10.0 Å². The molecule has 0 aromatic heterocycles. The summed E-state index contributed by atoms with van der Waals surface area (Å²) in [5.74, 6) is 0.516. The first-order valence-electron chi connectivity index (χ1n) is 8.59. The Kier molecular flexibility index (Phi) is 10.3. The van der Waals surface area contributed by atoms with Gasteiger partial charge in [-0.05, 0) is 17.2 Å². The molecule has 0 heterocycles. The first-order valence-corrected chi connectivity index (χ1v) is 10.5. The average Bonchev–Trinajstić information content (AvgIpc) is 2.65. The highest BCUT2D eigenvalue weighted by atomic mass is 127. The number of anilines is 1. The molecule has 0 radical (unpaired) electrons. The van der Waals surface area contributed by atoms with Crippen molar-refractivity contribution in [3.05, 3.63) is 65.7 Å². The van der Waals surface area contributed by atoms with E-state index in [-0.39, 0.29) is 36.5 Å². The van der Waals surface area contributed by atoms with E-state index in [1.807, 2.05) is 42.5 Å². The zero-order valence-corrected chi connectivity index (χ0v) is 19.1. The minimum atomic E-state index is -3.35. The molecule has 1 atom stereocenters. The van der Waals surface area contributed by atoms with Crippen LogP contribution >= 0.6 is 24.0 Å². The number of benzene rings is 2. The van der Waals surface area contributed by atoms with E-state index in [0.717, 1.165) is 17.4 Å². The Balaban J connectivity index is 0.00000392. The zero-order valence-electron chi connectivity index (χ0n) is 15.9. The molecule has 0 fully saturated rings. The van der Waals surface area contributed by atoms with Crippen molar-refractivity contribution in [2.45, 2.75) is 12.5 Å². The van der Waals surface area contributed by atoms with Crippen LogP contribution in [0.25, 0.3) is 0 Å². The smallest absolute Gasteiger partial charge is 0.229 e. The second-order valence-corrected chi connectivity index (χ2v) is 7.88. The van der Waals surface area contributed by atoms with Crippen LogP contribution in [0, 0.1) is 0 Å². The van der Waals surface area contributed by atoms with Crippen molar-refractivity contribution in [1.29, 1.82) is 0 Å². The number of para-hydroxylation sites is 1. The molecule has 9 heteroatoms. The van der Waals surface area contributed by atoms with Crippen molar-refractivity contribution in [3.8, 4) is 0 Å². The number of aliphatic hydroxyl groups excluding tert-OH is 1. The number of nitrogens with one attached hydrogen (secondary N) is 3. The van der Waals surface area contributed by atoms with Crippen LogP contribution in [-0.4, -0.2) is 45.9 Å². The lowest BCUT2D eigenvalue weighted by molar-refractivity contribution is 0.265. The monoisotopic (exact) mass is 518 g/mol. The predicted molar refractivity (Wildman–Crippen MR) is 125 cm³/mol. The normalized spacial score (nSPS) is 12.6. The molecule has 2 aromatic carbocycles. The first-order chi connectivity index (χ1) is 12.9. The van der Waals surface area contributed by atoms with Crippen LogP contribution in [0.4, 0.5) is 5.69 Å². The fourth-order valence-corrected chi connectivity index (χ4v) is 3.20. The van der Waals surface area contributed by atoms with Crippen LogP contribution in [0.2, 0.25) is 0 Å². The van der Waals surface area contributed by atoms with Gasteiger partial charge in [0, 0.05) is 26.1 Å². The van der Waals surface area contributed by atoms with Gasteiger partial charge < -0.3 is 15.7 Å². The number of aliphatic imine (C=N–C) groups is 1. The molecule has 4 N–H and O–H groups in total. The Bertz CT molecular complexity index is 860. The maximum Gasteiger partial charge on any atom is 0.229 e. The van der Waals surface area contributed by atoms with Crippen LogP contribution in [0.15, 0.2) is 59.6 Å². The topological polar surface area (TPSA) is 103 Å². The molecule has 0 aliphatic rings. The Hall–Kier alpha value is -1.85. The molecule has 0 saturated carbocycles. The summed E-state index contributed by atoms with van der Waals surface area (Å²) in [4.78, 5) is 4.18. The number of hydrogen-bond acceptors (Lipinski definition) is 4. The van der Waals surface area contributed by atoms with Crippen LogP contribution in [0.5, 0.6) is 0 Å². The summed E-state index contributed by atoms with van der Waals surface area (Å²) in [6.07, 6.45) is 1.12. The van der Waals surface area contributed by atoms with Gasteiger partial charge in [0.1, 0.15) is 0 Å². The van der Waals surface area contributed by atoms with E-state index < -0.39 is 10.0 Å². The number of rotatable bonds is 8. The van der Waals surface area contributed by atoms with E-state index in [9.17, 15) is 13.5 Å². The molecule has 0 aliphatic carbocycles. The lowest BCUT2D eigenvalue weighted by atomic mass is 10.0. The highest BCUT2D eigenvalue weighted by Gasteiger charge is 2.11. The summed E-state index contributed by atoms with van der Waals surface area (Å²) in [5, 5.41) is 16.0. The standard InChI is InChI=1S/C19H26N4O3S.HI/c1-20-19(22-13-17(14-24)15-8-4-3-5-9-15)21-12-16-10-6-7-11-18(16)23-27(2,25)26;/h3-11,17,23-24H,12-14H2,1-2H3,(H2,20,21,22);1H. The number of aliphatic hydroxyl groups is 1. The Morgan fingerprint density at radius 1 is 1.07 bits per heavy atom. The van der Waals surface area contributed by atoms with Crippen molar-refractivity contribution in [1.82, 2.24) is 10.6 Å². The second-order valence-electron chi connectivity index (χ2n) is 6.13. The molecule has 1 unspecified atom stereocenters. The largest absolute Gasteiger partial charge is 0.396 e. The van der Waals surface area contributed by atoms with Gasteiger partial charge in [-0.15, -0.1) is 24.0 Å². The number of sulfonamides is 1. The maximum absolute atomic E-state index is 11.5. The molecule has 2 aromatic rings. The minimum Gasteiger partial charge on any atom is -0.396 e. The minimum absolute atomic E-state index is 0. The van der Waals surface area contributed by atoms with E-state index in [1.54, 1.807) is 19.2 Å². The fourth-order valence-electron chi connectivity index (χ4n) is 2.61. The van der Waals surface area contributed by atoms with Gasteiger partial charge in [0.15, 0.2) is 5.96 Å². The molecule has 2 rings (SSSR count). The van der Waals surface area contributed by atoms with Gasteiger partial charge in [-0.2, -0.15) is 0 Å². The SMILES string of the molecule is CN=C(NCc1ccccc1NS(C)(=O)=O)NCC(CO)c1ccccc1.I. The third-order valence-corrected chi connectivity index (χ3v) is 4.58. The number of halogens is 1. The van der Waals surface area contributed by atoms with Crippen LogP contribution in [0.3, 0.4) is 0 Å². The highest BCUT2D eigenvalue weighted by molar-refractivity contribution is 14.0. The quantitative estimate of drug-likeness (QED) is 0.244. The highest BCUT2D eigenvalue weighted by Crippen LogP contribution is 2.16. The van der Waals surface area contributed by atoms with Crippen molar-refractivity contribution in [2.24, 2.45) is 4.99 Å². The summed E-state index contributed by atoms with van der Waals surface area (Å²) >= 11 is 0. The summed E-state index contributed by atoms with van der Waals surface area (Å²) in [6.45, 7) is 0.937. The van der Waals surface area contributed by atoms with E-state index >= 15 is 0 Å². The van der Waals surface area contributed by atoms with Crippen molar-refractivity contribution < 1.29 is 13.5 Å². The molecule has 0 saturated heterocycles. The fraction of sp³-hybridized carbons (Fsp3) is 0.316. The van der Waals surface area contributed by atoms with Gasteiger partial charge in [-0.3, -0.25) is 9.71 Å². The molecular formula is C19H27IN4O3S. The Morgan fingerprint density at radius 2 is 1.71 bits per heavy atom. The van der Waals surface area contributed by atoms with Gasteiger partial charge in [0.25, 0.3) is 0 Å². The number of guanidine groups is 1. The molecule has 0 spiro atoms. The summed E-state index contributed by atoms with van der Waals surface area (Å²) in [6, 6.07) is 17.0. The van der Waals surface area contributed by atoms with Crippen molar-refractivity contribution in [2.75, 3.05) is 31.2 Å². The van der Waals surface area contributed by atoms with Crippen LogP contribution in [-0.2, 0) is 16.6 Å². The summed E-state index contributed by atoms with van der Waals surface area (Å²) < 4.78 is 25.5. The third-order valence-electron chi connectivity index (χ3n) is 3.99. The summed E-state index contributed by atoms with van der Waals surface area (Å²) in [5.41, 5.74) is 2.37.